The molecular weight excluding hydrogens is 399 g/mol. The van der Waals surface area contributed by atoms with Crippen molar-refractivity contribution < 1.29 is 13.9 Å². The van der Waals surface area contributed by atoms with E-state index in [1.165, 1.54) is 56.6 Å². The topological polar surface area (TPSA) is 26.3 Å². The molecule has 172 valence electrons. The number of rotatable bonds is 8. The molecule has 0 saturated heterocycles. The van der Waals surface area contributed by atoms with Crippen molar-refractivity contribution in [2.45, 2.75) is 84.2 Å². The lowest BCUT2D eigenvalue weighted by Crippen LogP contribution is -2.24. The summed E-state index contributed by atoms with van der Waals surface area (Å²) in [7, 11) is 0. The lowest BCUT2D eigenvalue weighted by Gasteiger charge is -2.28. The number of hydrogen-bond donors (Lipinski definition) is 0. The predicted octanol–water partition coefficient (Wildman–Crippen LogP) is 7.51. The van der Waals surface area contributed by atoms with E-state index < -0.39 is 0 Å². The Morgan fingerprint density at radius 3 is 2.19 bits per heavy atom. The van der Waals surface area contributed by atoms with Gasteiger partial charge in [-0.15, -0.1) is 0 Å². The molecule has 0 radical (unpaired) electrons. The number of ether oxygens (including phenoxy) is 1. The van der Waals surface area contributed by atoms with Crippen molar-refractivity contribution in [1.82, 2.24) is 0 Å². The smallest absolute Gasteiger partial charge is 0.166 e. The van der Waals surface area contributed by atoms with Crippen LogP contribution in [0.5, 0.6) is 5.75 Å². The van der Waals surface area contributed by atoms with Crippen molar-refractivity contribution in [1.29, 1.82) is 0 Å². The molecule has 32 heavy (non-hydrogen) atoms. The summed E-state index contributed by atoms with van der Waals surface area (Å²) < 4.78 is 20.5. The van der Waals surface area contributed by atoms with Crippen molar-refractivity contribution in [3.8, 4) is 17.6 Å². The summed E-state index contributed by atoms with van der Waals surface area (Å²) in [5.74, 6) is 7.08. The summed E-state index contributed by atoms with van der Waals surface area (Å²) in [4.78, 5) is 8.00. The first kappa shape index (κ1) is 25.7. The highest BCUT2D eigenvalue weighted by molar-refractivity contribution is 5.45. The van der Waals surface area contributed by atoms with Crippen LogP contribution < -0.4 is 4.74 Å². The van der Waals surface area contributed by atoms with Crippen LogP contribution in [0.2, 0.25) is 0 Å². The van der Waals surface area contributed by atoms with E-state index >= 15 is 0 Å². The molecular formula is C29H37FO2. The van der Waals surface area contributed by atoms with Crippen LogP contribution in [-0.2, 0) is 11.2 Å². The standard InChI is InChI=1S/C28H35FO.CH2O/c1-3-5-6-8-23-9-11-24(12-10-23)13-14-25-17-20-28(27(29)21-25)30-26-18-15-22(7-4-2)16-19-26;1-2/h9-12,17,20-22,26H,3-8,15-16,18-19H2,1-2H3;1H2. The molecule has 1 fully saturated rings. The van der Waals surface area contributed by atoms with E-state index in [4.69, 9.17) is 9.53 Å². The monoisotopic (exact) mass is 436 g/mol. The Morgan fingerprint density at radius 2 is 1.56 bits per heavy atom. The number of halogens is 1. The molecule has 1 aliphatic carbocycles. The van der Waals surface area contributed by atoms with Gasteiger partial charge in [-0.3, -0.25) is 0 Å². The molecule has 0 aromatic heterocycles. The maximum atomic E-state index is 14.5. The zero-order chi connectivity index (χ0) is 23.2. The fourth-order valence-electron chi connectivity index (χ4n) is 4.28. The van der Waals surface area contributed by atoms with Crippen molar-refractivity contribution in [3.63, 3.8) is 0 Å². The second-order valence-corrected chi connectivity index (χ2v) is 8.60. The number of unbranched alkanes of at least 4 members (excludes halogenated alkanes) is 2. The first-order chi connectivity index (χ1) is 15.7. The van der Waals surface area contributed by atoms with Crippen LogP contribution in [0, 0.1) is 23.6 Å². The van der Waals surface area contributed by atoms with Gasteiger partial charge in [-0.1, -0.05) is 63.5 Å². The third-order valence-electron chi connectivity index (χ3n) is 6.09. The summed E-state index contributed by atoms with van der Waals surface area (Å²) in [6.07, 6.45) is 12.0. The first-order valence-electron chi connectivity index (χ1n) is 12.0. The van der Waals surface area contributed by atoms with Gasteiger partial charge in [-0.25, -0.2) is 4.39 Å². The Hall–Kier alpha value is -2.60. The molecule has 0 aliphatic heterocycles. The molecule has 2 nitrogen and oxygen atoms in total. The van der Waals surface area contributed by atoms with Crippen LogP contribution >= 0.6 is 0 Å². The second kappa shape index (κ2) is 14.5. The molecule has 0 unspecified atom stereocenters. The lowest BCUT2D eigenvalue weighted by atomic mass is 9.85. The molecule has 0 spiro atoms. The summed E-state index contributed by atoms with van der Waals surface area (Å²) >= 11 is 0. The van der Waals surface area contributed by atoms with E-state index in [2.05, 4.69) is 50.0 Å². The molecule has 1 aliphatic rings. The summed E-state index contributed by atoms with van der Waals surface area (Å²) in [5, 5.41) is 0. The van der Waals surface area contributed by atoms with E-state index in [-0.39, 0.29) is 11.9 Å². The molecule has 1 saturated carbocycles. The van der Waals surface area contributed by atoms with Gasteiger partial charge in [0, 0.05) is 11.1 Å². The lowest BCUT2D eigenvalue weighted by molar-refractivity contribution is -0.0979. The second-order valence-electron chi connectivity index (χ2n) is 8.60. The Labute approximate surface area is 193 Å². The van der Waals surface area contributed by atoms with Crippen LogP contribution in [0.25, 0.3) is 0 Å². The molecule has 2 aromatic carbocycles. The van der Waals surface area contributed by atoms with Crippen molar-refractivity contribution in [2.24, 2.45) is 5.92 Å². The first-order valence-corrected chi connectivity index (χ1v) is 12.0. The predicted molar refractivity (Wildman–Crippen MR) is 130 cm³/mol. The third kappa shape index (κ3) is 8.50. The molecule has 0 bridgehead atoms. The van der Waals surface area contributed by atoms with Crippen LogP contribution in [0.3, 0.4) is 0 Å². The maximum Gasteiger partial charge on any atom is 0.166 e. The highest BCUT2D eigenvalue weighted by atomic mass is 19.1. The minimum Gasteiger partial charge on any atom is -0.487 e. The summed E-state index contributed by atoms with van der Waals surface area (Å²) in [6, 6.07) is 13.5. The Balaban J connectivity index is 0.00000176. The number of hydrogen-bond acceptors (Lipinski definition) is 2. The zero-order valence-electron chi connectivity index (χ0n) is 19.7. The fraction of sp³-hybridized carbons (Fsp3) is 0.483. The van der Waals surface area contributed by atoms with E-state index in [1.54, 1.807) is 6.07 Å². The third-order valence-corrected chi connectivity index (χ3v) is 6.09. The van der Waals surface area contributed by atoms with Gasteiger partial charge < -0.3 is 9.53 Å². The van der Waals surface area contributed by atoms with Gasteiger partial charge >= 0.3 is 0 Å². The fourth-order valence-corrected chi connectivity index (χ4v) is 4.28. The molecule has 3 rings (SSSR count). The highest BCUT2D eigenvalue weighted by Gasteiger charge is 2.22. The zero-order valence-corrected chi connectivity index (χ0v) is 19.7. The molecule has 2 aromatic rings. The maximum absolute atomic E-state index is 14.5. The minimum atomic E-state index is -0.316. The van der Waals surface area contributed by atoms with E-state index in [9.17, 15) is 4.39 Å². The average molecular weight is 437 g/mol. The van der Waals surface area contributed by atoms with Gasteiger partial charge in [0.25, 0.3) is 0 Å². The Morgan fingerprint density at radius 1 is 0.906 bits per heavy atom. The van der Waals surface area contributed by atoms with Gasteiger partial charge in [0.2, 0.25) is 0 Å². The summed E-state index contributed by atoms with van der Waals surface area (Å²) in [6.45, 7) is 6.46. The molecule has 0 amide bonds. The van der Waals surface area contributed by atoms with E-state index in [0.717, 1.165) is 30.7 Å². The van der Waals surface area contributed by atoms with Crippen LogP contribution in [0.1, 0.15) is 88.3 Å². The Kier molecular flexibility index (Phi) is 11.6. The van der Waals surface area contributed by atoms with Crippen molar-refractivity contribution in [2.75, 3.05) is 0 Å². The normalized spacial score (nSPS) is 17.5. The van der Waals surface area contributed by atoms with Gasteiger partial charge in [0.15, 0.2) is 11.6 Å². The molecule has 0 N–H and O–H groups in total. The van der Waals surface area contributed by atoms with Gasteiger partial charge in [-0.05, 0) is 80.3 Å². The minimum absolute atomic E-state index is 0.139. The largest absolute Gasteiger partial charge is 0.487 e. The molecule has 0 atom stereocenters. The van der Waals surface area contributed by atoms with Crippen LogP contribution in [-0.4, -0.2) is 12.9 Å². The number of benzene rings is 2. The molecule has 3 heteroatoms. The molecule has 0 heterocycles. The van der Waals surface area contributed by atoms with E-state index in [1.807, 2.05) is 12.9 Å². The van der Waals surface area contributed by atoms with Crippen molar-refractivity contribution in [3.05, 3.63) is 65.0 Å². The Bertz CT molecular complexity index is 855. The SMILES string of the molecule is C=O.CCCCCc1ccc(C#Cc2ccc(OC3CCC(CCC)CC3)c(F)c2)cc1. The number of carbonyl (C=O) groups excluding carboxylic acids is 1. The van der Waals surface area contributed by atoms with Crippen molar-refractivity contribution >= 4 is 6.79 Å². The van der Waals surface area contributed by atoms with Crippen LogP contribution in [0.15, 0.2) is 42.5 Å². The number of carbonyl (C=O) groups is 1. The van der Waals surface area contributed by atoms with Gasteiger partial charge in [0.1, 0.15) is 6.79 Å². The summed E-state index contributed by atoms with van der Waals surface area (Å²) in [5.41, 5.74) is 2.99. The van der Waals surface area contributed by atoms with Crippen LogP contribution in [0.4, 0.5) is 4.39 Å². The van der Waals surface area contributed by atoms with E-state index in [0.29, 0.717) is 11.3 Å². The highest BCUT2D eigenvalue weighted by Crippen LogP contribution is 2.31. The van der Waals surface area contributed by atoms with Gasteiger partial charge in [0.05, 0.1) is 6.10 Å². The number of aryl methyl sites for hydroxylation is 1. The van der Waals surface area contributed by atoms with Gasteiger partial charge in [-0.2, -0.15) is 0 Å². The average Bonchev–Trinajstić information content (AvgIpc) is 2.83. The quantitative estimate of drug-likeness (QED) is 0.316.